The molecule has 0 amide bonds. The number of aromatic nitrogens is 2. The van der Waals surface area contributed by atoms with E-state index < -0.39 is 0 Å². The van der Waals surface area contributed by atoms with Crippen molar-refractivity contribution in [3.8, 4) is 17.3 Å². The average Bonchev–Trinajstić information content (AvgIpc) is 2.68. The number of piperidine rings is 1. The molecule has 3 heterocycles. The van der Waals surface area contributed by atoms with Crippen LogP contribution in [-0.2, 0) is 6.42 Å². The third kappa shape index (κ3) is 3.40. The highest BCUT2D eigenvalue weighted by Gasteiger charge is 2.30. The molecule has 5 nitrogen and oxygen atoms in total. The lowest BCUT2D eigenvalue weighted by Gasteiger charge is -2.41. The summed E-state index contributed by atoms with van der Waals surface area (Å²) in [6.07, 6.45) is 4.61. The molecule has 6 heteroatoms. The van der Waals surface area contributed by atoms with Gasteiger partial charge in [-0.2, -0.15) is 5.26 Å². The number of benzene rings is 1. The standard InChI is InChI=1S/C21H24ClN5/c1-14-17-6-4-10-27(16-5-3-9-26(2)13-16)21(17)25-24-20(14)18-8-7-15(12-23)11-19(18)22/h7-8,11,16H,3-6,9-10,13H2,1-2H3/t16-/m0/s1. The topological polar surface area (TPSA) is 56.1 Å². The van der Waals surface area contributed by atoms with Gasteiger partial charge < -0.3 is 9.80 Å². The first kappa shape index (κ1) is 18.2. The molecule has 0 saturated carbocycles. The Labute approximate surface area is 165 Å². The van der Waals surface area contributed by atoms with Crippen molar-refractivity contribution in [3.05, 3.63) is 39.9 Å². The fourth-order valence-corrected chi connectivity index (χ4v) is 4.66. The van der Waals surface area contributed by atoms with Crippen LogP contribution in [0.4, 0.5) is 5.82 Å². The molecule has 1 aromatic carbocycles. The fourth-order valence-electron chi connectivity index (χ4n) is 4.39. The zero-order valence-corrected chi connectivity index (χ0v) is 16.6. The molecule has 0 aliphatic carbocycles. The smallest absolute Gasteiger partial charge is 0.155 e. The van der Waals surface area contributed by atoms with Gasteiger partial charge in [-0.25, -0.2) is 0 Å². The second-order valence-corrected chi connectivity index (χ2v) is 8.04. The van der Waals surface area contributed by atoms with Gasteiger partial charge in [-0.05, 0) is 70.0 Å². The molecule has 0 bridgehead atoms. The van der Waals surface area contributed by atoms with Gasteiger partial charge >= 0.3 is 0 Å². The minimum Gasteiger partial charge on any atom is -0.351 e. The van der Waals surface area contributed by atoms with Crippen LogP contribution in [0.2, 0.25) is 5.02 Å². The molecule has 0 unspecified atom stereocenters. The Balaban J connectivity index is 1.72. The molecule has 0 radical (unpaired) electrons. The first-order valence-corrected chi connectivity index (χ1v) is 9.97. The first-order valence-electron chi connectivity index (χ1n) is 9.60. The number of nitrogens with zero attached hydrogens (tertiary/aromatic N) is 5. The molecular weight excluding hydrogens is 358 g/mol. The molecule has 140 valence electrons. The third-order valence-corrected chi connectivity index (χ3v) is 6.13. The van der Waals surface area contributed by atoms with Crippen LogP contribution in [0.25, 0.3) is 11.3 Å². The Morgan fingerprint density at radius 2 is 2.07 bits per heavy atom. The average molecular weight is 382 g/mol. The highest BCUT2D eigenvalue weighted by molar-refractivity contribution is 6.33. The molecule has 1 aromatic heterocycles. The lowest BCUT2D eigenvalue weighted by atomic mass is 9.94. The van der Waals surface area contributed by atoms with Crippen LogP contribution in [0.15, 0.2) is 18.2 Å². The maximum absolute atomic E-state index is 9.06. The number of hydrogen-bond donors (Lipinski definition) is 0. The number of rotatable bonds is 2. The van der Waals surface area contributed by atoms with Gasteiger partial charge in [-0.15, -0.1) is 10.2 Å². The molecule has 27 heavy (non-hydrogen) atoms. The Bertz CT molecular complexity index is 904. The Kier molecular flexibility index (Phi) is 5.03. The van der Waals surface area contributed by atoms with Crippen LogP contribution in [0, 0.1) is 18.3 Å². The van der Waals surface area contributed by atoms with Gasteiger partial charge in [0.25, 0.3) is 0 Å². The van der Waals surface area contributed by atoms with Crippen molar-refractivity contribution in [1.82, 2.24) is 15.1 Å². The van der Waals surface area contributed by atoms with Gasteiger partial charge in [0.1, 0.15) is 0 Å². The lowest BCUT2D eigenvalue weighted by molar-refractivity contribution is 0.242. The van der Waals surface area contributed by atoms with E-state index in [9.17, 15) is 0 Å². The molecule has 2 aliphatic rings. The van der Waals surface area contributed by atoms with Crippen LogP contribution in [-0.4, -0.2) is 47.8 Å². The molecule has 2 aromatic rings. The van der Waals surface area contributed by atoms with Crippen molar-refractivity contribution in [1.29, 1.82) is 5.26 Å². The van der Waals surface area contributed by atoms with E-state index in [1.54, 1.807) is 12.1 Å². The van der Waals surface area contributed by atoms with E-state index >= 15 is 0 Å². The molecule has 0 N–H and O–H groups in total. The number of halogens is 1. The molecule has 1 fully saturated rings. The summed E-state index contributed by atoms with van der Waals surface area (Å²) < 4.78 is 0. The van der Waals surface area contributed by atoms with E-state index in [1.165, 1.54) is 24.9 Å². The van der Waals surface area contributed by atoms with Gasteiger partial charge in [0, 0.05) is 30.3 Å². The van der Waals surface area contributed by atoms with Crippen molar-refractivity contribution in [3.63, 3.8) is 0 Å². The summed E-state index contributed by atoms with van der Waals surface area (Å²) in [5.41, 5.74) is 4.67. The predicted molar refractivity (Wildman–Crippen MR) is 108 cm³/mol. The summed E-state index contributed by atoms with van der Waals surface area (Å²) in [7, 11) is 2.20. The van der Waals surface area contributed by atoms with E-state index in [1.807, 2.05) is 6.07 Å². The van der Waals surface area contributed by atoms with E-state index in [0.29, 0.717) is 16.6 Å². The second-order valence-electron chi connectivity index (χ2n) is 7.64. The molecule has 2 aliphatic heterocycles. The van der Waals surface area contributed by atoms with Crippen molar-refractivity contribution in [2.45, 2.75) is 38.6 Å². The van der Waals surface area contributed by atoms with Crippen LogP contribution >= 0.6 is 11.6 Å². The fraction of sp³-hybridized carbons (Fsp3) is 0.476. The van der Waals surface area contributed by atoms with E-state index in [-0.39, 0.29) is 0 Å². The van der Waals surface area contributed by atoms with Crippen LogP contribution in [0.3, 0.4) is 0 Å². The second kappa shape index (κ2) is 7.46. The summed E-state index contributed by atoms with van der Waals surface area (Å²) in [5.74, 6) is 1.05. The summed E-state index contributed by atoms with van der Waals surface area (Å²) >= 11 is 6.43. The molecular formula is C21H24ClN5. The summed E-state index contributed by atoms with van der Waals surface area (Å²) in [6, 6.07) is 8.00. The first-order chi connectivity index (χ1) is 13.1. The molecule has 1 saturated heterocycles. The van der Waals surface area contributed by atoms with Crippen molar-refractivity contribution >= 4 is 17.4 Å². The third-order valence-electron chi connectivity index (χ3n) is 5.81. The zero-order valence-electron chi connectivity index (χ0n) is 15.9. The van der Waals surface area contributed by atoms with Gasteiger partial charge in [-0.3, -0.25) is 0 Å². The van der Waals surface area contributed by atoms with Crippen molar-refractivity contribution in [2.24, 2.45) is 0 Å². The number of anilines is 1. The largest absolute Gasteiger partial charge is 0.351 e. The number of fused-ring (bicyclic) bond motifs is 1. The zero-order chi connectivity index (χ0) is 19.0. The van der Waals surface area contributed by atoms with Crippen molar-refractivity contribution in [2.75, 3.05) is 31.6 Å². The monoisotopic (exact) mass is 381 g/mol. The Hall–Kier alpha value is -2.16. The summed E-state index contributed by atoms with van der Waals surface area (Å²) in [5, 5.41) is 18.8. The van der Waals surface area contributed by atoms with Crippen molar-refractivity contribution < 1.29 is 0 Å². The van der Waals surface area contributed by atoms with Gasteiger partial charge in [0.2, 0.25) is 0 Å². The minimum atomic E-state index is 0.515. The van der Waals surface area contributed by atoms with Gasteiger partial charge in [-0.1, -0.05) is 11.6 Å². The van der Waals surface area contributed by atoms with Crippen LogP contribution < -0.4 is 4.90 Å². The van der Waals surface area contributed by atoms with E-state index in [0.717, 1.165) is 48.6 Å². The maximum Gasteiger partial charge on any atom is 0.155 e. The highest BCUT2D eigenvalue weighted by atomic mass is 35.5. The number of likely N-dealkylation sites (N-methyl/N-ethyl adjacent to an activating group) is 1. The Morgan fingerprint density at radius 3 is 2.81 bits per heavy atom. The van der Waals surface area contributed by atoms with Crippen LogP contribution in [0.1, 0.15) is 36.0 Å². The number of likely N-dealkylation sites (tertiary alicyclic amines) is 1. The normalized spacial score (nSPS) is 20.2. The Morgan fingerprint density at radius 1 is 1.22 bits per heavy atom. The molecule has 4 rings (SSSR count). The minimum absolute atomic E-state index is 0.515. The maximum atomic E-state index is 9.06. The van der Waals surface area contributed by atoms with E-state index in [2.05, 4.69) is 40.0 Å². The van der Waals surface area contributed by atoms with E-state index in [4.69, 9.17) is 16.9 Å². The van der Waals surface area contributed by atoms with Gasteiger partial charge in [0.15, 0.2) is 5.82 Å². The van der Waals surface area contributed by atoms with Gasteiger partial charge in [0.05, 0.1) is 22.3 Å². The number of hydrogen-bond acceptors (Lipinski definition) is 5. The SMILES string of the molecule is Cc1c(-c2ccc(C#N)cc2Cl)nnc2c1CCCN2[C@H]1CCCN(C)C1. The van der Waals surface area contributed by atoms with Crippen LogP contribution in [0.5, 0.6) is 0 Å². The molecule has 0 spiro atoms. The predicted octanol–water partition coefficient (Wildman–Crippen LogP) is 3.82. The lowest BCUT2D eigenvalue weighted by Crippen LogP contribution is -2.49. The number of nitriles is 1. The molecule has 1 atom stereocenters. The summed E-state index contributed by atoms with van der Waals surface area (Å²) in [4.78, 5) is 4.88. The summed E-state index contributed by atoms with van der Waals surface area (Å²) in [6.45, 7) is 5.44. The highest BCUT2D eigenvalue weighted by Crippen LogP contribution is 2.36. The quantitative estimate of drug-likeness (QED) is 0.791.